The maximum absolute atomic E-state index is 12.9. The molecule has 0 fully saturated rings. The molecule has 0 unspecified atom stereocenters. The van der Waals surface area contributed by atoms with Crippen molar-refractivity contribution in [3.8, 4) is 9.88 Å². The predicted octanol–water partition coefficient (Wildman–Crippen LogP) is 4.38. The second-order valence-electron chi connectivity index (χ2n) is 5.25. The Hall–Kier alpha value is -1.98. The van der Waals surface area contributed by atoms with Gasteiger partial charge >= 0.3 is 0 Å². The van der Waals surface area contributed by atoms with Gasteiger partial charge in [0.05, 0.1) is 10.6 Å². The molecule has 1 aliphatic heterocycles. The van der Waals surface area contributed by atoms with Crippen LogP contribution in [0.15, 0.2) is 41.8 Å². The Labute approximate surface area is 136 Å². The van der Waals surface area contributed by atoms with Crippen LogP contribution in [0.25, 0.3) is 9.88 Å². The lowest BCUT2D eigenvalue weighted by atomic mass is 10.2. The number of carbonyl (C=O) groups excluding carboxylic acids is 1. The van der Waals surface area contributed by atoms with Gasteiger partial charge in [-0.15, -0.1) is 22.7 Å². The van der Waals surface area contributed by atoms with Gasteiger partial charge in [0.2, 0.25) is 0 Å². The lowest BCUT2D eigenvalue weighted by Gasteiger charge is -2.16. The molecule has 3 nitrogen and oxygen atoms in total. The van der Waals surface area contributed by atoms with Crippen molar-refractivity contribution >= 4 is 34.3 Å². The Morgan fingerprint density at radius 2 is 2.09 bits per heavy atom. The molecule has 0 N–H and O–H groups in total. The van der Waals surface area contributed by atoms with Gasteiger partial charge in [0, 0.05) is 12.2 Å². The Morgan fingerprint density at radius 3 is 2.91 bits per heavy atom. The molecule has 0 spiro atoms. The zero-order valence-corrected chi connectivity index (χ0v) is 13.7. The number of aryl methyl sites for hydroxylation is 1. The average Bonchev–Trinajstić information content (AvgIpc) is 3.25. The molecule has 110 valence electrons. The van der Waals surface area contributed by atoms with E-state index >= 15 is 0 Å². The lowest BCUT2D eigenvalue weighted by Crippen LogP contribution is -2.28. The van der Waals surface area contributed by atoms with Gasteiger partial charge in [0.1, 0.15) is 9.88 Å². The predicted molar refractivity (Wildman–Crippen MR) is 92.0 cm³/mol. The highest BCUT2D eigenvalue weighted by molar-refractivity contribution is 7.22. The zero-order chi connectivity index (χ0) is 15.1. The molecular formula is C17H14N2OS2. The fourth-order valence-electron chi connectivity index (χ4n) is 2.77. The first-order chi connectivity index (χ1) is 10.7. The van der Waals surface area contributed by atoms with Crippen LogP contribution in [0.1, 0.15) is 20.9 Å². The van der Waals surface area contributed by atoms with Crippen molar-refractivity contribution in [2.45, 2.75) is 13.3 Å². The number of anilines is 1. The summed E-state index contributed by atoms with van der Waals surface area (Å²) in [4.78, 5) is 21.2. The quantitative estimate of drug-likeness (QED) is 0.700. The molecule has 1 aromatic carbocycles. The number of para-hydroxylation sites is 1. The van der Waals surface area contributed by atoms with Crippen LogP contribution >= 0.6 is 22.7 Å². The lowest BCUT2D eigenvalue weighted by molar-refractivity contribution is 0.0992. The van der Waals surface area contributed by atoms with E-state index in [1.807, 2.05) is 47.5 Å². The van der Waals surface area contributed by atoms with Crippen LogP contribution in [0.5, 0.6) is 0 Å². The summed E-state index contributed by atoms with van der Waals surface area (Å²) < 4.78 is 0. The monoisotopic (exact) mass is 326 g/mol. The van der Waals surface area contributed by atoms with Gasteiger partial charge in [-0.2, -0.15) is 0 Å². The van der Waals surface area contributed by atoms with E-state index in [4.69, 9.17) is 0 Å². The Bertz CT molecular complexity index is 836. The molecule has 22 heavy (non-hydrogen) atoms. The van der Waals surface area contributed by atoms with E-state index in [0.29, 0.717) is 0 Å². The normalized spacial score (nSPS) is 13.4. The molecule has 4 rings (SSSR count). The summed E-state index contributed by atoms with van der Waals surface area (Å²) in [6.45, 7) is 2.67. The SMILES string of the molecule is Cc1nc(-c2cccs2)sc1C(=O)N1CCc2ccccc21. The number of aromatic nitrogens is 1. The molecular weight excluding hydrogens is 312 g/mol. The average molecular weight is 326 g/mol. The topological polar surface area (TPSA) is 33.2 Å². The molecule has 3 aromatic rings. The molecule has 0 atom stereocenters. The second-order valence-corrected chi connectivity index (χ2v) is 7.19. The first-order valence-corrected chi connectivity index (χ1v) is 8.85. The van der Waals surface area contributed by atoms with Crippen molar-refractivity contribution in [1.29, 1.82) is 0 Å². The standard InChI is InChI=1S/C17H14N2OS2/c1-11-15(22-16(18-11)14-7-4-10-21-14)17(20)19-9-8-12-5-2-3-6-13(12)19/h2-7,10H,8-9H2,1H3. The first-order valence-electron chi connectivity index (χ1n) is 7.15. The van der Waals surface area contributed by atoms with Gasteiger partial charge in [-0.25, -0.2) is 4.98 Å². The van der Waals surface area contributed by atoms with Crippen LogP contribution < -0.4 is 4.90 Å². The van der Waals surface area contributed by atoms with Gasteiger partial charge in [-0.05, 0) is 36.4 Å². The molecule has 0 saturated carbocycles. The van der Waals surface area contributed by atoms with Crippen molar-refractivity contribution in [2.24, 2.45) is 0 Å². The number of nitrogens with zero attached hydrogens (tertiary/aromatic N) is 2. The summed E-state index contributed by atoms with van der Waals surface area (Å²) in [6.07, 6.45) is 0.928. The molecule has 5 heteroatoms. The number of thiazole rings is 1. The minimum atomic E-state index is 0.0720. The smallest absolute Gasteiger partial charge is 0.270 e. The van der Waals surface area contributed by atoms with Gasteiger partial charge < -0.3 is 4.90 Å². The van der Waals surface area contributed by atoms with Crippen molar-refractivity contribution in [2.75, 3.05) is 11.4 Å². The van der Waals surface area contributed by atoms with Crippen molar-refractivity contribution in [3.05, 3.63) is 57.9 Å². The highest BCUT2D eigenvalue weighted by atomic mass is 32.1. The Balaban J connectivity index is 1.70. The molecule has 1 amide bonds. The van der Waals surface area contributed by atoms with E-state index in [-0.39, 0.29) is 5.91 Å². The van der Waals surface area contributed by atoms with Crippen molar-refractivity contribution in [1.82, 2.24) is 4.98 Å². The molecule has 2 aromatic heterocycles. The number of hydrogen-bond acceptors (Lipinski definition) is 4. The molecule has 0 radical (unpaired) electrons. The number of hydrogen-bond donors (Lipinski definition) is 0. The maximum Gasteiger partial charge on any atom is 0.270 e. The van der Waals surface area contributed by atoms with E-state index in [2.05, 4.69) is 11.1 Å². The van der Waals surface area contributed by atoms with Crippen LogP contribution in [0, 0.1) is 6.92 Å². The fraction of sp³-hybridized carbons (Fsp3) is 0.176. The summed E-state index contributed by atoms with van der Waals surface area (Å²) in [5.41, 5.74) is 3.11. The van der Waals surface area contributed by atoms with Gasteiger partial charge in [-0.1, -0.05) is 24.3 Å². The van der Waals surface area contributed by atoms with Crippen molar-refractivity contribution in [3.63, 3.8) is 0 Å². The van der Waals surface area contributed by atoms with Crippen LogP contribution in [-0.4, -0.2) is 17.4 Å². The summed E-state index contributed by atoms with van der Waals surface area (Å²) in [7, 11) is 0. The number of benzene rings is 1. The number of carbonyl (C=O) groups is 1. The van der Waals surface area contributed by atoms with Crippen LogP contribution in [0.3, 0.4) is 0 Å². The minimum absolute atomic E-state index is 0.0720. The summed E-state index contributed by atoms with van der Waals surface area (Å²) >= 11 is 3.15. The Kier molecular flexibility index (Phi) is 3.32. The minimum Gasteiger partial charge on any atom is -0.307 e. The van der Waals surface area contributed by atoms with Gasteiger partial charge in [0.15, 0.2) is 0 Å². The Morgan fingerprint density at radius 1 is 1.23 bits per heavy atom. The molecule has 1 aliphatic rings. The van der Waals surface area contributed by atoms with Crippen LogP contribution in [0.4, 0.5) is 5.69 Å². The number of thiophene rings is 1. The number of rotatable bonds is 2. The van der Waals surface area contributed by atoms with E-state index < -0.39 is 0 Å². The summed E-state index contributed by atoms with van der Waals surface area (Å²) in [5, 5.41) is 2.97. The maximum atomic E-state index is 12.9. The molecule has 0 aliphatic carbocycles. The third kappa shape index (κ3) is 2.17. The first kappa shape index (κ1) is 13.7. The van der Waals surface area contributed by atoms with E-state index in [1.54, 1.807) is 11.3 Å². The number of amides is 1. The molecule has 0 bridgehead atoms. The zero-order valence-electron chi connectivity index (χ0n) is 12.1. The third-order valence-corrected chi connectivity index (χ3v) is 6.04. The largest absolute Gasteiger partial charge is 0.307 e. The van der Waals surface area contributed by atoms with Gasteiger partial charge in [-0.3, -0.25) is 4.79 Å². The second kappa shape index (κ2) is 5.34. The van der Waals surface area contributed by atoms with E-state index in [9.17, 15) is 4.79 Å². The van der Waals surface area contributed by atoms with Crippen LogP contribution in [0.2, 0.25) is 0 Å². The van der Waals surface area contributed by atoms with Gasteiger partial charge in [0.25, 0.3) is 5.91 Å². The van der Waals surface area contributed by atoms with E-state index in [1.165, 1.54) is 16.9 Å². The highest BCUT2D eigenvalue weighted by Crippen LogP contribution is 2.34. The summed E-state index contributed by atoms with van der Waals surface area (Å²) in [5.74, 6) is 0.0720. The molecule has 3 heterocycles. The highest BCUT2D eigenvalue weighted by Gasteiger charge is 2.28. The molecule has 0 saturated heterocycles. The summed E-state index contributed by atoms with van der Waals surface area (Å²) in [6, 6.07) is 12.2. The third-order valence-electron chi connectivity index (χ3n) is 3.86. The number of fused-ring (bicyclic) bond motifs is 1. The van der Waals surface area contributed by atoms with Crippen molar-refractivity contribution < 1.29 is 4.79 Å². The fourth-order valence-corrected chi connectivity index (χ4v) is 4.58. The van der Waals surface area contributed by atoms with Crippen LogP contribution in [-0.2, 0) is 6.42 Å². The van der Waals surface area contributed by atoms with E-state index in [0.717, 1.165) is 39.1 Å².